The molecule has 1 aromatic rings. The predicted octanol–water partition coefficient (Wildman–Crippen LogP) is 1.78. The maximum atomic E-state index is 14.4. The smallest absolute Gasteiger partial charge is 0.249 e. The average Bonchev–Trinajstić information content (AvgIpc) is 3.63. The van der Waals surface area contributed by atoms with E-state index in [0.29, 0.717) is 23.7 Å². The predicted molar refractivity (Wildman–Crippen MR) is 140 cm³/mol. The third kappa shape index (κ3) is 4.89. The van der Waals surface area contributed by atoms with Crippen molar-refractivity contribution in [1.29, 1.82) is 0 Å². The van der Waals surface area contributed by atoms with Crippen LogP contribution in [0.4, 0.5) is 5.69 Å². The van der Waals surface area contributed by atoms with Crippen LogP contribution < -0.4 is 10.6 Å². The molecule has 1 saturated carbocycles. The summed E-state index contributed by atoms with van der Waals surface area (Å²) < 4.78 is 11.3. The van der Waals surface area contributed by atoms with E-state index < -0.39 is 24.0 Å². The SMILES string of the molecule is CO[C@H]1CN(C(=O)[C@H](c2cc(N3CCN(C(C)C)CC3)ccc2C(N)=O)C2CCCC2)[C@@H]2C(=O)CO[C@H]12. The number of primary amides is 1. The number of carbonyl (C=O) groups is 3. The van der Waals surface area contributed by atoms with E-state index in [1.54, 1.807) is 18.1 Å². The summed E-state index contributed by atoms with van der Waals surface area (Å²) in [7, 11) is 1.59. The molecule has 2 N–H and O–H groups in total. The minimum Gasteiger partial charge on any atom is -0.377 e. The van der Waals surface area contributed by atoms with Gasteiger partial charge in [0.15, 0.2) is 5.78 Å². The minimum absolute atomic E-state index is 0.00254. The number of fused-ring (bicyclic) bond motifs is 1. The lowest BCUT2D eigenvalue weighted by Crippen LogP contribution is -2.49. The largest absolute Gasteiger partial charge is 0.377 e. The van der Waals surface area contributed by atoms with E-state index in [4.69, 9.17) is 15.2 Å². The Morgan fingerprint density at radius 1 is 1.11 bits per heavy atom. The molecule has 1 aromatic carbocycles. The maximum Gasteiger partial charge on any atom is 0.249 e. The first-order valence-corrected chi connectivity index (χ1v) is 13.7. The number of likely N-dealkylation sites (tertiary alicyclic amines) is 1. The molecule has 0 aromatic heterocycles. The number of nitrogens with zero attached hydrogens (tertiary/aromatic N) is 3. The monoisotopic (exact) mass is 512 g/mol. The lowest BCUT2D eigenvalue weighted by molar-refractivity contribution is -0.139. The molecule has 4 atom stereocenters. The van der Waals surface area contributed by atoms with E-state index in [2.05, 4.69) is 23.6 Å². The number of anilines is 1. The summed E-state index contributed by atoms with van der Waals surface area (Å²) in [4.78, 5) is 46.2. The van der Waals surface area contributed by atoms with Gasteiger partial charge in [-0.25, -0.2) is 0 Å². The highest BCUT2D eigenvalue weighted by Gasteiger charge is 2.54. The Hall–Kier alpha value is -2.49. The second-order valence-corrected chi connectivity index (χ2v) is 11.2. The van der Waals surface area contributed by atoms with Crippen LogP contribution in [0.25, 0.3) is 0 Å². The third-order valence-electron chi connectivity index (χ3n) is 8.91. The number of hydrogen-bond donors (Lipinski definition) is 1. The molecule has 0 bridgehead atoms. The fourth-order valence-corrected chi connectivity index (χ4v) is 6.83. The highest BCUT2D eigenvalue weighted by atomic mass is 16.5. The summed E-state index contributed by atoms with van der Waals surface area (Å²) in [5.74, 6) is -1.18. The van der Waals surface area contributed by atoms with Crippen molar-refractivity contribution >= 4 is 23.3 Å². The maximum absolute atomic E-state index is 14.4. The summed E-state index contributed by atoms with van der Waals surface area (Å²) in [5, 5.41) is 0. The van der Waals surface area contributed by atoms with Gasteiger partial charge in [-0.1, -0.05) is 12.8 Å². The van der Waals surface area contributed by atoms with Crippen molar-refractivity contribution in [1.82, 2.24) is 9.80 Å². The second-order valence-electron chi connectivity index (χ2n) is 11.2. The molecule has 9 heteroatoms. The van der Waals surface area contributed by atoms with E-state index >= 15 is 0 Å². The summed E-state index contributed by atoms with van der Waals surface area (Å²) in [6.07, 6.45) is 3.13. The first-order valence-electron chi connectivity index (χ1n) is 13.7. The molecule has 5 rings (SSSR count). The van der Waals surface area contributed by atoms with E-state index in [1.165, 1.54) is 0 Å². The fraction of sp³-hybridized carbons (Fsp3) is 0.679. The molecule has 3 aliphatic heterocycles. The van der Waals surface area contributed by atoms with E-state index in [9.17, 15) is 14.4 Å². The number of nitrogens with two attached hydrogens (primary N) is 1. The van der Waals surface area contributed by atoms with Crippen molar-refractivity contribution in [3.05, 3.63) is 29.3 Å². The molecule has 0 unspecified atom stereocenters. The molecular weight excluding hydrogens is 472 g/mol. The molecule has 9 nitrogen and oxygen atoms in total. The van der Waals surface area contributed by atoms with Crippen LogP contribution in [-0.2, 0) is 19.1 Å². The van der Waals surface area contributed by atoms with Gasteiger partial charge in [0, 0.05) is 50.6 Å². The van der Waals surface area contributed by atoms with Crippen molar-refractivity contribution in [2.45, 2.75) is 69.7 Å². The van der Waals surface area contributed by atoms with Gasteiger partial charge in [-0.3, -0.25) is 19.3 Å². The van der Waals surface area contributed by atoms with Gasteiger partial charge in [-0.15, -0.1) is 0 Å². The van der Waals surface area contributed by atoms with Crippen molar-refractivity contribution in [2.75, 3.05) is 51.3 Å². The zero-order chi connectivity index (χ0) is 26.3. The van der Waals surface area contributed by atoms with Crippen LogP contribution in [0, 0.1) is 5.92 Å². The Labute approximate surface area is 219 Å². The topological polar surface area (TPSA) is 105 Å². The molecule has 4 fully saturated rings. The molecule has 202 valence electrons. The normalized spacial score (nSPS) is 27.8. The van der Waals surface area contributed by atoms with Crippen molar-refractivity contribution in [3.63, 3.8) is 0 Å². The van der Waals surface area contributed by atoms with Crippen molar-refractivity contribution < 1.29 is 23.9 Å². The van der Waals surface area contributed by atoms with E-state index in [1.807, 2.05) is 12.1 Å². The number of carbonyl (C=O) groups excluding carboxylic acids is 3. The van der Waals surface area contributed by atoms with Gasteiger partial charge in [0.05, 0.1) is 12.5 Å². The molecular formula is C28H40N4O5. The zero-order valence-electron chi connectivity index (χ0n) is 22.2. The van der Waals surface area contributed by atoms with Crippen molar-refractivity contribution in [3.8, 4) is 0 Å². The molecule has 4 aliphatic rings. The number of methoxy groups -OCH3 is 1. The summed E-state index contributed by atoms with van der Waals surface area (Å²) in [5.41, 5.74) is 7.95. The lowest BCUT2D eigenvalue weighted by Gasteiger charge is -2.38. The Morgan fingerprint density at radius 2 is 1.81 bits per heavy atom. The third-order valence-corrected chi connectivity index (χ3v) is 8.91. The van der Waals surface area contributed by atoms with Crippen molar-refractivity contribution in [2.24, 2.45) is 11.7 Å². The molecule has 37 heavy (non-hydrogen) atoms. The molecule has 0 spiro atoms. The number of hydrogen-bond acceptors (Lipinski definition) is 7. The highest BCUT2D eigenvalue weighted by molar-refractivity contribution is 5.99. The van der Waals surface area contributed by atoms with Gasteiger partial charge < -0.3 is 25.0 Å². The molecule has 0 radical (unpaired) electrons. The standard InChI is InChI=1S/C28H40N4O5/c1-17(2)30-10-12-31(13-11-30)19-8-9-20(27(29)34)21(14-19)24(18-6-4-5-7-18)28(35)32-15-23(36-3)26-25(32)22(33)16-37-26/h8-9,14,17-18,23-26H,4-7,10-13,15-16H2,1-3H3,(H2,29,34)/t23-,24-,25+,26+/m0/s1. The number of benzene rings is 1. The van der Waals surface area contributed by atoms with Gasteiger partial charge in [-0.05, 0) is 56.4 Å². The average molecular weight is 513 g/mol. The number of Topliss-reactive ketones (excluding diaryl/α,β-unsaturated/α-hetero) is 1. The first-order chi connectivity index (χ1) is 17.8. The number of amides is 2. The van der Waals surface area contributed by atoms with Gasteiger partial charge in [0.25, 0.3) is 0 Å². The van der Waals surface area contributed by atoms with Gasteiger partial charge >= 0.3 is 0 Å². The van der Waals surface area contributed by atoms with Crippen LogP contribution in [0.1, 0.15) is 61.4 Å². The number of ketones is 1. The molecule has 2 amide bonds. The van der Waals surface area contributed by atoms with Crippen LogP contribution in [-0.4, -0.2) is 98.1 Å². The Morgan fingerprint density at radius 3 is 2.43 bits per heavy atom. The Balaban J connectivity index is 1.50. The number of piperazine rings is 1. The zero-order valence-corrected chi connectivity index (χ0v) is 22.2. The second kappa shape index (κ2) is 10.7. The Kier molecular flexibility index (Phi) is 7.56. The molecule has 3 heterocycles. The van der Waals surface area contributed by atoms with Gasteiger partial charge in [0.1, 0.15) is 24.9 Å². The Bertz CT molecular complexity index is 1030. The van der Waals surface area contributed by atoms with E-state index in [-0.39, 0.29) is 30.3 Å². The first kappa shape index (κ1) is 26.1. The highest BCUT2D eigenvalue weighted by Crippen LogP contribution is 2.43. The van der Waals surface area contributed by atoms with Crippen LogP contribution in [0.2, 0.25) is 0 Å². The quantitative estimate of drug-likeness (QED) is 0.594. The van der Waals surface area contributed by atoms with Crippen LogP contribution in [0.3, 0.4) is 0 Å². The van der Waals surface area contributed by atoms with Crippen LogP contribution >= 0.6 is 0 Å². The van der Waals surface area contributed by atoms with E-state index in [0.717, 1.165) is 57.5 Å². The van der Waals surface area contributed by atoms with Crippen LogP contribution in [0.5, 0.6) is 0 Å². The summed E-state index contributed by atoms with van der Waals surface area (Å²) >= 11 is 0. The summed E-state index contributed by atoms with van der Waals surface area (Å²) in [6.45, 7) is 8.42. The minimum atomic E-state index is -0.634. The van der Waals surface area contributed by atoms with Gasteiger partial charge in [-0.2, -0.15) is 0 Å². The number of ether oxygens (including phenoxy) is 2. The fourth-order valence-electron chi connectivity index (χ4n) is 6.83. The molecule has 3 saturated heterocycles. The van der Waals surface area contributed by atoms with Crippen LogP contribution in [0.15, 0.2) is 18.2 Å². The molecule has 1 aliphatic carbocycles. The van der Waals surface area contributed by atoms with Gasteiger partial charge in [0.2, 0.25) is 11.8 Å². The number of rotatable bonds is 7. The summed E-state index contributed by atoms with van der Waals surface area (Å²) in [6, 6.07) is 5.62. The lowest BCUT2D eigenvalue weighted by atomic mass is 9.80.